The lowest BCUT2D eigenvalue weighted by Gasteiger charge is -2.33. The first-order chi connectivity index (χ1) is 19.2. The van der Waals surface area contributed by atoms with Gasteiger partial charge in [-0.1, -0.05) is 17.7 Å². The van der Waals surface area contributed by atoms with E-state index < -0.39 is 23.4 Å². The molecular weight excluding hydrogens is 546 g/mol. The van der Waals surface area contributed by atoms with E-state index in [1.165, 1.54) is 30.2 Å². The number of rotatable bonds is 7. The number of methoxy groups -OCH3 is 1. The van der Waals surface area contributed by atoms with E-state index in [-0.39, 0.29) is 44.5 Å². The average molecular weight is 571 g/mol. The number of nitrogens with two attached hydrogens (primary N) is 1. The van der Waals surface area contributed by atoms with Crippen molar-refractivity contribution in [2.75, 3.05) is 49.5 Å². The van der Waals surface area contributed by atoms with Crippen molar-refractivity contribution < 1.29 is 18.3 Å². The van der Waals surface area contributed by atoms with Crippen LogP contribution in [-0.2, 0) is 4.74 Å². The molecule has 1 aliphatic heterocycles. The van der Waals surface area contributed by atoms with Crippen molar-refractivity contribution in [3.05, 3.63) is 80.6 Å². The molecule has 40 heavy (non-hydrogen) atoms. The van der Waals surface area contributed by atoms with Crippen molar-refractivity contribution in [3.63, 3.8) is 0 Å². The lowest BCUT2D eigenvalue weighted by atomic mass is 10.0. The second kappa shape index (κ2) is 11.0. The predicted octanol–water partition coefficient (Wildman–Crippen LogP) is 3.27. The van der Waals surface area contributed by atoms with E-state index in [2.05, 4.69) is 15.3 Å². The fraction of sp³-hybridized carbons (Fsp3) is 0.269. The second-order valence-electron chi connectivity index (χ2n) is 8.95. The molecule has 1 atom stereocenters. The van der Waals surface area contributed by atoms with Crippen LogP contribution in [0.3, 0.4) is 0 Å². The Hall–Kier alpha value is -4.36. The van der Waals surface area contributed by atoms with Crippen LogP contribution in [0.25, 0.3) is 10.9 Å². The fourth-order valence-electron chi connectivity index (χ4n) is 4.55. The summed E-state index contributed by atoms with van der Waals surface area (Å²) >= 11 is 6.38. The number of anilines is 2. The number of nitrogens with one attached hydrogen (secondary N) is 2. The van der Waals surface area contributed by atoms with Crippen LogP contribution in [-0.4, -0.2) is 58.8 Å². The van der Waals surface area contributed by atoms with Gasteiger partial charge < -0.3 is 25.5 Å². The van der Waals surface area contributed by atoms with Crippen molar-refractivity contribution in [2.24, 2.45) is 0 Å². The molecular formula is C26H25ClF2N8O3. The van der Waals surface area contributed by atoms with Gasteiger partial charge in [0.05, 0.1) is 66.7 Å². The molecule has 0 aliphatic carbocycles. The minimum atomic E-state index is -1.28. The Labute approximate surface area is 232 Å². The third kappa shape index (κ3) is 4.77. The molecule has 1 saturated heterocycles. The maximum atomic E-state index is 14.9. The van der Waals surface area contributed by atoms with Gasteiger partial charge in [-0.25, -0.2) is 24.0 Å². The molecule has 2 aromatic carbocycles. The molecule has 0 saturated carbocycles. The fourth-order valence-corrected chi connectivity index (χ4v) is 4.80. The van der Waals surface area contributed by atoms with Gasteiger partial charge in [-0.2, -0.15) is 4.39 Å². The number of nitrogens with zero attached hydrogens (tertiary/aromatic N) is 5. The first-order valence-corrected chi connectivity index (χ1v) is 12.6. The lowest BCUT2D eigenvalue weighted by Crippen LogP contribution is -2.51. The summed E-state index contributed by atoms with van der Waals surface area (Å²) in [6, 6.07) is 6.75. The van der Waals surface area contributed by atoms with Crippen LogP contribution < -0.4 is 26.4 Å². The van der Waals surface area contributed by atoms with Gasteiger partial charge >= 0.3 is 0 Å². The van der Waals surface area contributed by atoms with Crippen molar-refractivity contribution in [2.45, 2.75) is 13.0 Å². The van der Waals surface area contributed by atoms with Crippen molar-refractivity contribution in [1.29, 1.82) is 5.41 Å². The van der Waals surface area contributed by atoms with E-state index >= 15 is 0 Å². The summed E-state index contributed by atoms with van der Waals surface area (Å²) in [5.74, 6) is -2.55. The van der Waals surface area contributed by atoms with Gasteiger partial charge in [0.2, 0.25) is 5.82 Å². The number of fused-ring (bicyclic) bond motifs is 1. The summed E-state index contributed by atoms with van der Waals surface area (Å²) in [6.45, 7) is 3.46. The molecule has 208 valence electrons. The third-order valence-electron chi connectivity index (χ3n) is 6.52. The predicted molar refractivity (Wildman–Crippen MR) is 147 cm³/mol. The Bertz CT molecular complexity index is 1680. The molecule has 2 aromatic heterocycles. The Kier molecular flexibility index (Phi) is 7.50. The minimum Gasteiger partial charge on any atom is -0.494 e. The molecule has 4 N–H and O–H groups in total. The number of ether oxygens (including phenoxy) is 2. The van der Waals surface area contributed by atoms with Gasteiger partial charge in [0.1, 0.15) is 18.0 Å². The van der Waals surface area contributed by atoms with Crippen LogP contribution in [0.4, 0.5) is 20.4 Å². The minimum absolute atomic E-state index is 0.0538. The standard InChI is InChI=1S/C26H25ClF2N8O3/c1-13(25-35-16-5-3-4-15(27)18(16)26(38)37(25)36-8-10-40-11-9-36)34-24-19(23(31)32-12-33-24)22(30)14-6-7-17(39-2)21(29)20(14)28/h3-7,12-13,30H,8-11H2,1-2H3,(H3,31,32,33,34). The number of hydrogen-bond acceptors (Lipinski definition) is 10. The topological polar surface area (TPSA) is 144 Å². The van der Waals surface area contributed by atoms with E-state index in [1.807, 2.05) is 5.01 Å². The first-order valence-electron chi connectivity index (χ1n) is 12.2. The van der Waals surface area contributed by atoms with Gasteiger partial charge in [0.15, 0.2) is 17.4 Å². The van der Waals surface area contributed by atoms with Crippen LogP contribution in [0.1, 0.15) is 29.9 Å². The first kappa shape index (κ1) is 27.2. The highest BCUT2D eigenvalue weighted by Crippen LogP contribution is 2.29. The monoisotopic (exact) mass is 570 g/mol. The van der Waals surface area contributed by atoms with Crippen LogP contribution in [0.5, 0.6) is 5.75 Å². The maximum Gasteiger partial charge on any atom is 0.281 e. The van der Waals surface area contributed by atoms with Gasteiger partial charge in [0, 0.05) is 5.56 Å². The number of hydrogen-bond donors (Lipinski definition) is 3. The molecule has 0 spiro atoms. The maximum absolute atomic E-state index is 14.9. The van der Waals surface area contributed by atoms with E-state index in [1.54, 1.807) is 25.1 Å². The number of nitrogen functional groups attached to an aromatic ring is 1. The molecule has 1 fully saturated rings. The van der Waals surface area contributed by atoms with Gasteiger partial charge in [-0.3, -0.25) is 10.2 Å². The van der Waals surface area contributed by atoms with E-state index in [0.29, 0.717) is 37.6 Å². The highest BCUT2D eigenvalue weighted by Gasteiger charge is 2.27. The second-order valence-corrected chi connectivity index (χ2v) is 9.36. The zero-order chi connectivity index (χ0) is 28.6. The Morgan fingerprint density at radius 3 is 2.67 bits per heavy atom. The van der Waals surface area contributed by atoms with Crippen LogP contribution in [0.15, 0.2) is 41.5 Å². The highest BCUT2D eigenvalue weighted by molar-refractivity contribution is 6.35. The summed E-state index contributed by atoms with van der Waals surface area (Å²) < 4.78 is 41.1. The smallest absolute Gasteiger partial charge is 0.281 e. The van der Waals surface area contributed by atoms with Crippen LogP contribution in [0, 0.1) is 17.0 Å². The van der Waals surface area contributed by atoms with Crippen LogP contribution in [0.2, 0.25) is 5.02 Å². The number of benzene rings is 2. The zero-order valence-electron chi connectivity index (χ0n) is 21.5. The molecule has 11 nitrogen and oxygen atoms in total. The molecule has 3 heterocycles. The molecule has 0 amide bonds. The van der Waals surface area contributed by atoms with Gasteiger partial charge in [-0.15, -0.1) is 0 Å². The van der Waals surface area contributed by atoms with Crippen molar-refractivity contribution in [3.8, 4) is 5.75 Å². The number of aromatic nitrogens is 4. The van der Waals surface area contributed by atoms with E-state index in [9.17, 15) is 13.6 Å². The van der Waals surface area contributed by atoms with Crippen molar-refractivity contribution in [1.82, 2.24) is 19.6 Å². The summed E-state index contributed by atoms with van der Waals surface area (Å²) in [5.41, 5.74) is 5.28. The molecule has 5 rings (SSSR count). The molecule has 1 aliphatic rings. The Balaban J connectivity index is 1.60. The normalized spacial score (nSPS) is 14.3. The van der Waals surface area contributed by atoms with E-state index in [0.717, 1.165) is 0 Å². The lowest BCUT2D eigenvalue weighted by molar-refractivity contribution is 0.110. The average Bonchev–Trinajstić information content (AvgIpc) is 2.94. The summed E-state index contributed by atoms with van der Waals surface area (Å²) in [4.78, 5) is 26.6. The number of morpholine rings is 1. The Morgan fingerprint density at radius 1 is 1.20 bits per heavy atom. The van der Waals surface area contributed by atoms with Gasteiger partial charge in [0.25, 0.3) is 5.56 Å². The molecule has 0 radical (unpaired) electrons. The molecule has 4 aromatic rings. The van der Waals surface area contributed by atoms with Crippen LogP contribution >= 0.6 is 11.6 Å². The summed E-state index contributed by atoms with van der Waals surface area (Å²) in [7, 11) is 1.21. The molecule has 0 bridgehead atoms. The Morgan fingerprint density at radius 2 is 1.95 bits per heavy atom. The van der Waals surface area contributed by atoms with Crippen molar-refractivity contribution >= 4 is 39.9 Å². The summed E-state index contributed by atoms with van der Waals surface area (Å²) in [6.07, 6.45) is 1.18. The molecule has 14 heteroatoms. The SMILES string of the molecule is COc1ccc(C(=N)c2c(N)ncnc2NC(C)c2nc3cccc(Cl)c3c(=O)n2N2CCOCC2)c(F)c1F. The highest BCUT2D eigenvalue weighted by atomic mass is 35.5. The quantitative estimate of drug-likeness (QED) is 0.285. The zero-order valence-corrected chi connectivity index (χ0v) is 22.3. The van der Waals surface area contributed by atoms with E-state index in [4.69, 9.17) is 37.2 Å². The third-order valence-corrected chi connectivity index (χ3v) is 6.84. The van der Waals surface area contributed by atoms with Gasteiger partial charge in [-0.05, 0) is 31.2 Å². The summed E-state index contributed by atoms with van der Waals surface area (Å²) in [5, 5.41) is 14.2. The largest absolute Gasteiger partial charge is 0.494 e. The molecule has 1 unspecified atom stereocenters. The number of halogens is 3.